The maximum Gasteiger partial charge on any atom is 0.219 e. The summed E-state index contributed by atoms with van der Waals surface area (Å²) in [4.78, 5) is 20.4. The van der Waals surface area contributed by atoms with Crippen LogP contribution in [0.5, 0.6) is 0 Å². The smallest absolute Gasteiger partial charge is 0.219 e. The Balaban J connectivity index is 0.00000261. The first-order valence-electron chi connectivity index (χ1n) is 9.05. The van der Waals surface area contributed by atoms with E-state index in [1.807, 2.05) is 34.0 Å². The van der Waals surface area contributed by atoms with E-state index in [0.717, 1.165) is 49.9 Å². The van der Waals surface area contributed by atoms with E-state index in [4.69, 9.17) is 4.99 Å². The quantitative estimate of drug-likeness (QED) is 0.412. The monoisotopic (exact) mass is 482 g/mol. The number of amides is 1. The molecule has 2 heterocycles. The Kier molecular flexibility index (Phi) is 8.08. The Morgan fingerprint density at radius 2 is 1.93 bits per heavy atom. The summed E-state index contributed by atoms with van der Waals surface area (Å²) in [7, 11) is 0. The molecule has 1 fully saturated rings. The van der Waals surface area contributed by atoms with E-state index in [-0.39, 0.29) is 29.9 Å². The summed E-state index contributed by atoms with van der Waals surface area (Å²) in [5.74, 6) is 1.04. The van der Waals surface area contributed by atoms with Gasteiger partial charge in [-0.3, -0.25) is 4.79 Å². The number of piperazine rings is 1. The van der Waals surface area contributed by atoms with Crippen LogP contribution < -0.4 is 5.32 Å². The van der Waals surface area contributed by atoms with Gasteiger partial charge in [-0.2, -0.15) is 5.10 Å². The summed E-state index contributed by atoms with van der Waals surface area (Å²) in [5.41, 5.74) is 2.17. The molecule has 0 spiro atoms. The summed E-state index contributed by atoms with van der Waals surface area (Å²) in [6, 6.07) is 10.2. The Labute approximate surface area is 177 Å². The van der Waals surface area contributed by atoms with Crippen molar-refractivity contribution in [2.75, 3.05) is 32.7 Å². The van der Waals surface area contributed by atoms with Gasteiger partial charge in [0, 0.05) is 52.0 Å². The molecule has 7 nitrogen and oxygen atoms in total. The van der Waals surface area contributed by atoms with E-state index in [1.54, 1.807) is 13.1 Å². The lowest BCUT2D eigenvalue weighted by Crippen LogP contribution is -2.53. The number of carbonyl (C=O) groups excluding carboxylic acids is 1. The number of hydrogen-bond donors (Lipinski definition) is 1. The van der Waals surface area contributed by atoms with Crippen molar-refractivity contribution in [1.82, 2.24) is 24.9 Å². The van der Waals surface area contributed by atoms with Gasteiger partial charge in [-0.25, -0.2) is 9.67 Å². The van der Waals surface area contributed by atoms with Crippen LogP contribution in [0.1, 0.15) is 19.4 Å². The molecule has 146 valence electrons. The van der Waals surface area contributed by atoms with E-state index in [9.17, 15) is 4.79 Å². The van der Waals surface area contributed by atoms with Gasteiger partial charge in [0.15, 0.2) is 5.96 Å². The number of halogens is 1. The van der Waals surface area contributed by atoms with Crippen molar-refractivity contribution in [2.45, 2.75) is 20.4 Å². The molecule has 27 heavy (non-hydrogen) atoms. The fourth-order valence-corrected chi connectivity index (χ4v) is 3.04. The van der Waals surface area contributed by atoms with Crippen LogP contribution in [0.15, 0.2) is 47.7 Å². The molecular formula is C19H27IN6O. The highest BCUT2D eigenvalue weighted by molar-refractivity contribution is 14.0. The van der Waals surface area contributed by atoms with E-state index in [1.165, 1.54) is 0 Å². The maximum atomic E-state index is 11.5. The van der Waals surface area contributed by atoms with Crippen LogP contribution in [-0.4, -0.2) is 64.2 Å². The lowest BCUT2D eigenvalue weighted by Gasteiger charge is -2.36. The van der Waals surface area contributed by atoms with Crippen molar-refractivity contribution >= 4 is 35.8 Å². The third kappa shape index (κ3) is 5.69. The van der Waals surface area contributed by atoms with Gasteiger partial charge >= 0.3 is 0 Å². The SMILES string of the molecule is CCNC(=NCc1cccc(-n2cccn2)c1)N1CCN(C(C)=O)CC1.I. The van der Waals surface area contributed by atoms with Crippen LogP contribution in [0.4, 0.5) is 0 Å². The van der Waals surface area contributed by atoms with Crippen LogP contribution in [-0.2, 0) is 11.3 Å². The van der Waals surface area contributed by atoms with Crippen LogP contribution in [0.2, 0.25) is 0 Å². The first-order valence-corrected chi connectivity index (χ1v) is 9.05. The summed E-state index contributed by atoms with van der Waals surface area (Å²) in [6.07, 6.45) is 3.70. The van der Waals surface area contributed by atoms with Crippen LogP contribution in [0, 0.1) is 0 Å². The Bertz CT molecular complexity index is 753. The fourth-order valence-electron chi connectivity index (χ4n) is 3.04. The first kappa shape index (κ1) is 21.2. The number of nitrogens with one attached hydrogen (secondary N) is 1. The van der Waals surface area contributed by atoms with Crippen molar-refractivity contribution < 1.29 is 4.79 Å². The molecule has 1 aliphatic rings. The molecule has 1 N–H and O–H groups in total. The van der Waals surface area contributed by atoms with Crippen LogP contribution in [0.25, 0.3) is 5.69 Å². The van der Waals surface area contributed by atoms with Gasteiger partial charge in [-0.1, -0.05) is 12.1 Å². The second-order valence-electron chi connectivity index (χ2n) is 6.28. The number of aliphatic imine (C=N–C) groups is 1. The molecule has 0 radical (unpaired) electrons. The van der Waals surface area contributed by atoms with Gasteiger partial charge in [0.2, 0.25) is 5.91 Å². The summed E-state index contributed by atoms with van der Waals surface area (Å²) in [5, 5.41) is 7.64. The molecule has 0 unspecified atom stereocenters. The molecule has 1 aromatic heterocycles. The van der Waals surface area contributed by atoms with Gasteiger partial charge < -0.3 is 15.1 Å². The highest BCUT2D eigenvalue weighted by Gasteiger charge is 2.20. The van der Waals surface area contributed by atoms with Gasteiger partial charge in [0.25, 0.3) is 0 Å². The van der Waals surface area contributed by atoms with Gasteiger partial charge in [0.1, 0.15) is 0 Å². The maximum absolute atomic E-state index is 11.5. The molecular weight excluding hydrogens is 455 g/mol. The average Bonchev–Trinajstić information content (AvgIpc) is 3.20. The molecule has 1 amide bonds. The third-order valence-corrected chi connectivity index (χ3v) is 4.45. The number of carbonyl (C=O) groups is 1. The number of nitrogens with zero attached hydrogens (tertiary/aromatic N) is 5. The number of benzene rings is 1. The zero-order valence-corrected chi connectivity index (χ0v) is 18.2. The lowest BCUT2D eigenvalue weighted by atomic mass is 10.2. The molecule has 0 saturated carbocycles. The minimum atomic E-state index is 0. The molecule has 0 aliphatic carbocycles. The first-order chi connectivity index (χ1) is 12.7. The number of guanidine groups is 1. The second-order valence-corrected chi connectivity index (χ2v) is 6.28. The van der Waals surface area contributed by atoms with Crippen molar-refractivity contribution in [3.8, 4) is 5.69 Å². The van der Waals surface area contributed by atoms with Crippen LogP contribution in [0.3, 0.4) is 0 Å². The molecule has 1 aromatic carbocycles. The number of rotatable bonds is 4. The summed E-state index contributed by atoms with van der Waals surface area (Å²) < 4.78 is 1.85. The van der Waals surface area contributed by atoms with Gasteiger partial charge in [-0.05, 0) is 30.7 Å². The van der Waals surface area contributed by atoms with Gasteiger partial charge in [-0.15, -0.1) is 24.0 Å². The van der Waals surface area contributed by atoms with E-state index >= 15 is 0 Å². The van der Waals surface area contributed by atoms with Crippen LogP contribution >= 0.6 is 24.0 Å². The Hall–Kier alpha value is -2.10. The van der Waals surface area contributed by atoms with Crippen molar-refractivity contribution in [3.63, 3.8) is 0 Å². The molecule has 0 atom stereocenters. The molecule has 3 rings (SSSR count). The normalized spacial score (nSPS) is 14.7. The van der Waals surface area contributed by atoms with E-state index < -0.39 is 0 Å². The fraction of sp³-hybridized carbons (Fsp3) is 0.421. The minimum Gasteiger partial charge on any atom is -0.357 e. The molecule has 8 heteroatoms. The summed E-state index contributed by atoms with van der Waals surface area (Å²) in [6.45, 7) is 8.21. The zero-order valence-electron chi connectivity index (χ0n) is 15.8. The molecule has 1 saturated heterocycles. The van der Waals surface area contributed by atoms with Crippen molar-refractivity contribution in [1.29, 1.82) is 0 Å². The largest absolute Gasteiger partial charge is 0.357 e. The highest BCUT2D eigenvalue weighted by Crippen LogP contribution is 2.11. The lowest BCUT2D eigenvalue weighted by molar-refractivity contribution is -0.130. The number of aromatic nitrogens is 2. The Morgan fingerprint density at radius 1 is 1.19 bits per heavy atom. The summed E-state index contributed by atoms with van der Waals surface area (Å²) >= 11 is 0. The van der Waals surface area contributed by atoms with Crippen molar-refractivity contribution in [2.24, 2.45) is 4.99 Å². The second kappa shape index (κ2) is 10.3. The standard InChI is InChI=1S/C19H26N6O.HI/c1-3-20-19(24-12-10-23(11-13-24)16(2)26)21-15-17-6-4-7-18(14-17)25-9-5-8-22-25;/h4-9,14H,3,10-13,15H2,1-2H3,(H,20,21);1H. The minimum absolute atomic E-state index is 0. The molecule has 2 aromatic rings. The van der Waals surface area contributed by atoms with Gasteiger partial charge in [0.05, 0.1) is 12.2 Å². The predicted molar refractivity (Wildman–Crippen MR) is 118 cm³/mol. The Morgan fingerprint density at radius 3 is 2.56 bits per heavy atom. The van der Waals surface area contributed by atoms with E-state index in [2.05, 4.69) is 34.4 Å². The molecule has 1 aliphatic heterocycles. The zero-order chi connectivity index (χ0) is 18.4. The van der Waals surface area contributed by atoms with E-state index in [0.29, 0.717) is 6.54 Å². The topological polar surface area (TPSA) is 65.8 Å². The van der Waals surface area contributed by atoms with Crippen molar-refractivity contribution in [3.05, 3.63) is 48.3 Å². The predicted octanol–water partition coefficient (Wildman–Crippen LogP) is 2.12. The highest BCUT2D eigenvalue weighted by atomic mass is 127. The number of hydrogen-bond acceptors (Lipinski definition) is 3. The third-order valence-electron chi connectivity index (χ3n) is 4.45. The average molecular weight is 482 g/mol. The molecule has 0 bridgehead atoms.